The van der Waals surface area contributed by atoms with Crippen LogP contribution in [-0.2, 0) is 4.84 Å². The molecule has 2 rings (SSSR count). The lowest BCUT2D eigenvalue weighted by Crippen LogP contribution is -2.18. The Labute approximate surface area is 89.5 Å². The number of nitrogens with zero attached hydrogens (tertiary/aromatic N) is 2. The van der Waals surface area contributed by atoms with Crippen molar-refractivity contribution in [3.05, 3.63) is 29.6 Å². The monoisotopic (exact) mass is 208 g/mol. The molecule has 0 amide bonds. The molecule has 15 heavy (non-hydrogen) atoms. The molecule has 0 saturated carbocycles. The Balaban J connectivity index is 2.17. The van der Waals surface area contributed by atoms with Gasteiger partial charge in [0.15, 0.2) is 0 Å². The van der Waals surface area contributed by atoms with Gasteiger partial charge in [-0.15, -0.1) is 0 Å². The Morgan fingerprint density at radius 1 is 1.60 bits per heavy atom. The Morgan fingerprint density at radius 3 is 3.00 bits per heavy atom. The fraction of sp³-hybridized carbons (Fsp3) is 0.545. The van der Waals surface area contributed by atoms with Crippen LogP contribution in [0.2, 0.25) is 0 Å². The van der Waals surface area contributed by atoms with E-state index in [2.05, 4.69) is 4.98 Å². The third-order valence-electron chi connectivity index (χ3n) is 2.70. The van der Waals surface area contributed by atoms with E-state index in [1.165, 1.54) is 0 Å². The first-order valence-corrected chi connectivity index (χ1v) is 5.14. The Hall–Kier alpha value is -0.970. The summed E-state index contributed by atoms with van der Waals surface area (Å²) in [4.78, 5) is 9.93. The highest BCUT2D eigenvalue weighted by Gasteiger charge is 2.32. The van der Waals surface area contributed by atoms with E-state index >= 15 is 0 Å². The van der Waals surface area contributed by atoms with E-state index < -0.39 is 0 Å². The molecule has 1 aromatic rings. The minimum Gasteiger partial charge on any atom is -0.394 e. The molecular weight excluding hydrogens is 192 g/mol. The second-order valence-corrected chi connectivity index (χ2v) is 3.91. The lowest BCUT2D eigenvalue weighted by atomic mass is 10.1. The molecule has 4 heteroatoms. The molecule has 1 fully saturated rings. The molecule has 4 nitrogen and oxygen atoms in total. The van der Waals surface area contributed by atoms with Crippen molar-refractivity contribution in [2.24, 2.45) is 0 Å². The number of pyridine rings is 1. The zero-order valence-corrected chi connectivity index (χ0v) is 9.05. The molecule has 0 unspecified atom stereocenters. The standard InChI is InChI=1S/C11H16N2O2/c1-8-4-3-5-10(12-8)11-6-9(7-14)15-13(11)2/h3-5,9,11,14H,6-7H2,1-2H3/t9-,11+/m0/s1. The highest BCUT2D eigenvalue weighted by atomic mass is 16.7. The maximum atomic E-state index is 9.03. The van der Waals surface area contributed by atoms with Gasteiger partial charge in [0, 0.05) is 19.2 Å². The lowest BCUT2D eigenvalue weighted by Gasteiger charge is -2.16. The van der Waals surface area contributed by atoms with E-state index in [4.69, 9.17) is 9.94 Å². The van der Waals surface area contributed by atoms with E-state index in [-0.39, 0.29) is 18.8 Å². The van der Waals surface area contributed by atoms with Crippen LogP contribution in [0.5, 0.6) is 0 Å². The number of hydrogen-bond donors (Lipinski definition) is 1. The normalized spacial score (nSPS) is 27.1. The first kappa shape index (κ1) is 10.5. The molecular formula is C11H16N2O2. The summed E-state index contributed by atoms with van der Waals surface area (Å²) in [6.07, 6.45) is 0.700. The third-order valence-corrected chi connectivity index (χ3v) is 2.70. The smallest absolute Gasteiger partial charge is 0.104 e. The Kier molecular flexibility index (Phi) is 3.00. The summed E-state index contributed by atoms with van der Waals surface area (Å²) in [5.41, 5.74) is 2.02. The van der Waals surface area contributed by atoms with Gasteiger partial charge in [-0.1, -0.05) is 6.07 Å². The van der Waals surface area contributed by atoms with Crippen LogP contribution in [0.15, 0.2) is 18.2 Å². The molecule has 1 aromatic heterocycles. The molecule has 0 radical (unpaired) electrons. The van der Waals surface area contributed by atoms with Gasteiger partial charge in [-0.05, 0) is 19.1 Å². The van der Waals surface area contributed by atoms with Crippen LogP contribution in [0.4, 0.5) is 0 Å². The summed E-state index contributed by atoms with van der Waals surface area (Å²) >= 11 is 0. The number of aryl methyl sites for hydroxylation is 1. The van der Waals surface area contributed by atoms with Gasteiger partial charge in [-0.3, -0.25) is 9.82 Å². The zero-order chi connectivity index (χ0) is 10.8. The molecule has 1 saturated heterocycles. The second kappa shape index (κ2) is 4.26. The molecule has 0 spiro atoms. The summed E-state index contributed by atoms with van der Waals surface area (Å²) < 4.78 is 0. The molecule has 82 valence electrons. The number of rotatable bonds is 2. The van der Waals surface area contributed by atoms with E-state index in [0.717, 1.165) is 17.8 Å². The maximum absolute atomic E-state index is 9.03. The number of hydrogen-bond acceptors (Lipinski definition) is 4. The minimum absolute atomic E-state index is 0.0622. The van der Waals surface area contributed by atoms with Gasteiger partial charge in [-0.2, -0.15) is 5.06 Å². The summed E-state index contributed by atoms with van der Waals surface area (Å²) in [6, 6.07) is 6.12. The number of aromatic nitrogens is 1. The van der Waals surface area contributed by atoms with Crippen molar-refractivity contribution < 1.29 is 9.94 Å². The predicted molar refractivity (Wildman–Crippen MR) is 56.1 cm³/mol. The SMILES string of the molecule is Cc1cccc([C@H]2C[C@@H](CO)ON2C)n1. The molecule has 0 aliphatic carbocycles. The van der Waals surface area contributed by atoms with Crippen LogP contribution in [-0.4, -0.2) is 34.9 Å². The molecule has 0 bridgehead atoms. The van der Waals surface area contributed by atoms with Crippen molar-refractivity contribution >= 4 is 0 Å². The molecule has 0 aromatic carbocycles. The average Bonchev–Trinajstić information content (AvgIpc) is 2.60. The van der Waals surface area contributed by atoms with Crippen LogP contribution in [0.1, 0.15) is 23.9 Å². The van der Waals surface area contributed by atoms with Crippen LogP contribution in [0, 0.1) is 6.92 Å². The van der Waals surface area contributed by atoms with Crippen molar-refractivity contribution in [3.63, 3.8) is 0 Å². The van der Waals surface area contributed by atoms with E-state index in [1.807, 2.05) is 32.2 Å². The summed E-state index contributed by atoms with van der Waals surface area (Å²) in [6.45, 7) is 2.04. The van der Waals surface area contributed by atoms with Gasteiger partial charge in [-0.25, -0.2) is 0 Å². The molecule has 1 aliphatic rings. The van der Waals surface area contributed by atoms with Gasteiger partial charge in [0.2, 0.25) is 0 Å². The number of aliphatic hydroxyl groups excluding tert-OH is 1. The third kappa shape index (κ3) is 2.17. The van der Waals surface area contributed by atoms with Crippen LogP contribution < -0.4 is 0 Å². The molecule has 1 aliphatic heterocycles. The van der Waals surface area contributed by atoms with Crippen LogP contribution in [0.25, 0.3) is 0 Å². The molecule has 2 atom stereocenters. The largest absolute Gasteiger partial charge is 0.394 e. The van der Waals surface area contributed by atoms with Gasteiger partial charge < -0.3 is 5.11 Å². The number of hydroxylamine groups is 2. The topological polar surface area (TPSA) is 45.6 Å². The van der Waals surface area contributed by atoms with Crippen molar-refractivity contribution in [3.8, 4) is 0 Å². The van der Waals surface area contributed by atoms with Gasteiger partial charge >= 0.3 is 0 Å². The fourth-order valence-electron chi connectivity index (χ4n) is 1.91. The van der Waals surface area contributed by atoms with Gasteiger partial charge in [0.1, 0.15) is 6.10 Å². The predicted octanol–water partition coefficient (Wildman–Crippen LogP) is 1.06. The Bertz CT molecular complexity index is 343. The van der Waals surface area contributed by atoms with Crippen molar-refractivity contribution in [1.29, 1.82) is 0 Å². The molecule has 1 N–H and O–H groups in total. The van der Waals surface area contributed by atoms with Gasteiger partial charge in [0.25, 0.3) is 0 Å². The summed E-state index contributed by atoms with van der Waals surface area (Å²) in [7, 11) is 1.88. The number of aliphatic hydroxyl groups is 1. The maximum Gasteiger partial charge on any atom is 0.104 e. The lowest BCUT2D eigenvalue weighted by molar-refractivity contribution is -0.153. The van der Waals surface area contributed by atoms with Crippen molar-refractivity contribution in [2.75, 3.05) is 13.7 Å². The van der Waals surface area contributed by atoms with Crippen LogP contribution >= 0.6 is 0 Å². The second-order valence-electron chi connectivity index (χ2n) is 3.91. The average molecular weight is 208 g/mol. The first-order valence-electron chi connectivity index (χ1n) is 5.14. The van der Waals surface area contributed by atoms with Crippen molar-refractivity contribution in [2.45, 2.75) is 25.5 Å². The molecule has 2 heterocycles. The quantitative estimate of drug-likeness (QED) is 0.789. The zero-order valence-electron chi connectivity index (χ0n) is 9.05. The summed E-state index contributed by atoms with van der Waals surface area (Å²) in [5, 5.41) is 10.8. The summed E-state index contributed by atoms with van der Waals surface area (Å²) in [5.74, 6) is 0. The first-order chi connectivity index (χ1) is 7.20. The van der Waals surface area contributed by atoms with E-state index in [1.54, 1.807) is 5.06 Å². The Morgan fingerprint density at radius 2 is 2.40 bits per heavy atom. The minimum atomic E-state index is -0.0951. The van der Waals surface area contributed by atoms with E-state index in [9.17, 15) is 0 Å². The highest BCUT2D eigenvalue weighted by molar-refractivity contribution is 5.14. The van der Waals surface area contributed by atoms with E-state index in [0.29, 0.717) is 0 Å². The van der Waals surface area contributed by atoms with Gasteiger partial charge in [0.05, 0.1) is 18.3 Å². The van der Waals surface area contributed by atoms with Crippen LogP contribution in [0.3, 0.4) is 0 Å². The fourth-order valence-corrected chi connectivity index (χ4v) is 1.91. The van der Waals surface area contributed by atoms with Crippen molar-refractivity contribution in [1.82, 2.24) is 10.0 Å². The highest BCUT2D eigenvalue weighted by Crippen LogP contribution is 2.31.